The fourth-order valence-corrected chi connectivity index (χ4v) is 8.20. The predicted octanol–water partition coefficient (Wildman–Crippen LogP) is 12.1. The Hall–Kier alpha value is -5.14. The molecular formula is C44H35N. The normalized spacial score (nSPS) is 15.4. The average molecular weight is 578 g/mol. The van der Waals surface area contributed by atoms with E-state index in [1.807, 2.05) is 0 Å². The molecule has 2 aliphatic heterocycles. The Morgan fingerprint density at radius 1 is 0.400 bits per heavy atom. The molecule has 2 aliphatic rings. The van der Waals surface area contributed by atoms with Gasteiger partial charge in [0.1, 0.15) is 0 Å². The molecule has 0 amide bonds. The molecule has 0 spiro atoms. The van der Waals surface area contributed by atoms with Crippen molar-refractivity contribution in [3.8, 4) is 22.3 Å². The average Bonchev–Trinajstić information content (AvgIpc) is 3.07. The van der Waals surface area contributed by atoms with Gasteiger partial charge in [-0.15, -0.1) is 0 Å². The van der Waals surface area contributed by atoms with Crippen molar-refractivity contribution in [1.29, 1.82) is 0 Å². The van der Waals surface area contributed by atoms with Crippen molar-refractivity contribution in [3.63, 3.8) is 0 Å². The van der Waals surface area contributed by atoms with E-state index < -0.39 is 0 Å². The van der Waals surface area contributed by atoms with E-state index in [0.717, 1.165) is 0 Å². The predicted molar refractivity (Wildman–Crippen MR) is 191 cm³/mol. The third kappa shape index (κ3) is 3.61. The van der Waals surface area contributed by atoms with Crippen LogP contribution in [-0.4, -0.2) is 0 Å². The van der Waals surface area contributed by atoms with Crippen LogP contribution in [0, 0.1) is 0 Å². The third-order valence-corrected chi connectivity index (χ3v) is 10.6. The molecule has 0 aromatic heterocycles. The number of fused-ring (bicyclic) bond motifs is 6. The minimum Gasteiger partial charge on any atom is -0.309 e. The molecule has 0 radical (unpaired) electrons. The van der Waals surface area contributed by atoms with Gasteiger partial charge in [0, 0.05) is 10.8 Å². The van der Waals surface area contributed by atoms with E-state index in [0.29, 0.717) is 0 Å². The summed E-state index contributed by atoms with van der Waals surface area (Å²) in [6, 6.07) is 52.0. The van der Waals surface area contributed by atoms with Crippen molar-refractivity contribution in [2.75, 3.05) is 4.90 Å². The molecule has 1 nitrogen and oxygen atoms in total. The SMILES string of the molecule is CC1(C)c2ccccc2N2c3ccc(-c4cccc5ccccc45)cc3C(C)(C)c3cc(-c4cccc5ccccc45)cc1c32. The maximum Gasteiger partial charge on any atom is 0.0544 e. The molecule has 1 heteroatoms. The van der Waals surface area contributed by atoms with Gasteiger partial charge in [-0.25, -0.2) is 0 Å². The van der Waals surface area contributed by atoms with Crippen molar-refractivity contribution in [2.24, 2.45) is 0 Å². The number of benzene rings is 7. The summed E-state index contributed by atoms with van der Waals surface area (Å²) < 4.78 is 0. The summed E-state index contributed by atoms with van der Waals surface area (Å²) >= 11 is 0. The lowest BCUT2D eigenvalue weighted by atomic mass is 9.65. The van der Waals surface area contributed by atoms with Gasteiger partial charge in [-0.2, -0.15) is 0 Å². The van der Waals surface area contributed by atoms with Crippen LogP contribution in [0.2, 0.25) is 0 Å². The number of rotatable bonds is 2. The first kappa shape index (κ1) is 26.3. The van der Waals surface area contributed by atoms with Gasteiger partial charge in [0.2, 0.25) is 0 Å². The minimum absolute atomic E-state index is 0.158. The molecule has 216 valence electrons. The zero-order valence-corrected chi connectivity index (χ0v) is 26.2. The molecule has 7 aromatic carbocycles. The van der Waals surface area contributed by atoms with Crippen molar-refractivity contribution >= 4 is 38.6 Å². The minimum atomic E-state index is -0.223. The van der Waals surface area contributed by atoms with Gasteiger partial charge in [0.15, 0.2) is 0 Å². The summed E-state index contributed by atoms with van der Waals surface area (Å²) in [5.41, 5.74) is 14.1. The summed E-state index contributed by atoms with van der Waals surface area (Å²) in [7, 11) is 0. The van der Waals surface area contributed by atoms with Crippen LogP contribution in [0.25, 0.3) is 43.8 Å². The van der Waals surface area contributed by atoms with E-state index in [1.54, 1.807) is 0 Å². The van der Waals surface area contributed by atoms with Crippen LogP contribution in [0.4, 0.5) is 17.1 Å². The molecule has 0 saturated heterocycles. The summed E-state index contributed by atoms with van der Waals surface area (Å²) in [6.07, 6.45) is 0. The van der Waals surface area contributed by atoms with E-state index in [-0.39, 0.29) is 10.8 Å². The summed E-state index contributed by atoms with van der Waals surface area (Å²) in [5, 5.41) is 5.13. The largest absolute Gasteiger partial charge is 0.309 e. The van der Waals surface area contributed by atoms with Gasteiger partial charge in [-0.05, 0) is 96.4 Å². The van der Waals surface area contributed by atoms with Gasteiger partial charge in [0.05, 0.1) is 17.1 Å². The van der Waals surface area contributed by atoms with Gasteiger partial charge in [-0.1, -0.05) is 137 Å². The Labute approximate surface area is 265 Å². The van der Waals surface area contributed by atoms with Gasteiger partial charge < -0.3 is 4.90 Å². The van der Waals surface area contributed by atoms with Gasteiger partial charge >= 0.3 is 0 Å². The summed E-state index contributed by atoms with van der Waals surface area (Å²) in [5.74, 6) is 0. The summed E-state index contributed by atoms with van der Waals surface area (Å²) in [4.78, 5) is 2.56. The molecule has 9 rings (SSSR count). The Bertz CT molecular complexity index is 2330. The van der Waals surface area contributed by atoms with E-state index >= 15 is 0 Å². The number of hydrogen-bond acceptors (Lipinski definition) is 1. The molecule has 0 fully saturated rings. The molecule has 0 bridgehead atoms. The summed E-state index contributed by atoms with van der Waals surface area (Å²) in [6.45, 7) is 9.65. The van der Waals surface area contributed by atoms with Crippen molar-refractivity contribution in [3.05, 3.63) is 162 Å². The van der Waals surface area contributed by atoms with Gasteiger partial charge in [-0.3, -0.25) is 0 Å². The Morgan fingerprint density at radius 2 is 0.889 bits per heavy atom. The van der Waals surface area contributed by atoms with Crippen LogP contribution >= 0.6 is 0 Å². The number of para-hydroxylation sites is 1. The zero-order valence-electron chi connectivity index (χ0n) is 26.2. The van der Waals surface area contributed by atoms with Crippen LogP contribution in [0.1, 0.15) is 49.9 Å². The second kappa shape index (κ2) is 9.19. The van der Waals surface area contributed by atoms with Crippen molar-refractivity contribution in [2.45, 2.75) is 38.5 Å². The number of nitrogens with zero attached hydrogens (tertiary/aromatic N) is 1. The van der Waals surface area contributed by atoms with E-state index in [9.17, 15) is 0 Å². The lowest BCUT2D eigenvalue weighted by molar-refractivity contribution is 0.598. The van der Waals surface area contributed by atoms with E-state index in [1.165, 1.54) is 83.1 Å². The molecule has 7 aromatic rings. The molecule has 0 unspecified atom stereocenters. The van der Waals surface area contributed by atoms with Crippen LogP contribution in [-0.2, 0) is 10.8 Å². The van der Waals surface area contributed by atoms with Gasteiger partial charge in [0.25, 0.3) is 0 Å². The third-order valence-electron chi connectivity index (χ3n) is 10.6. The van der Waals surface area contributed by atoms with Crippen molar-refractivity contribution < 1.29 is 0 Å². The Balaban J connectivity index is 1.35. The van der Waals surface area contributed by atoms with Crippen LogP contribution < -0.4 is 4.90 Å². The molecule has 45 heavy (non-hydrogen) atoms. The highest BCUT2D eigenvalue weighted by Gasteiger charge is 2.45. The molecule has 0 N–H and O–H groups in total. The fourth-order valence-electron chi connectivity index (χ4n) is 8.20. The van der Waals surface area contributed by atoms with Crippen LogP contribution in [0.3, 0.4) is 0 Å². The topological polar surface area (TPSA) is 3.24 Å². The number of hydrogen-bond donors (Lipinski definition) is 0. The second-order valence-corrected chi connectivity index (χ2v) is 13.8. The smallest absolute Gasteiger partial charge is 0.0544 e. The first-order valence-corrected chi connectivity index (χ1v) is 16.0. The highest BCUT2D eigenvalue weighted by Crippen LogP contribution is 2.61. The van der Waals surface area contributed by atoms with E-state index in [4.69, 9.17) is 0 Å². The quantitative estimate of drug-likeness (QED) is 0.198. The standard InChI is InChI=1S/C44H35N/c1-43(2)36-21-9-10-22-40(36)45-41-24-23-30(34-19-11-15-28-13-5-7-17-32(28)34)25-37(41)44(3,4)39-27-31(26-38(43)42(39)45)35-20-12-16-29-14-6-8-18-33(29)35/h5-27H,1-4H3. The lowest BCUT2D eigenvalue weighted by Gasteiger charge is -2.50. The molecular weight excluding hydrogens is 542 g/mol. The first-order valence-electron chi connectivity index (χ1n) is 16.0. The maximum atomic E-state index is 2.56. The monoisotopic (exact) mass is 577 g/mol. The molecule has 0 saturated carbocycles. The molecule has 0 atom stereocenters. The Morgan fingerprint density at radius 3 is 1.56 bits per heavy atom. The highest BCUT2D eigenvalue weighted by molar-refractivity contribution is 6.01. The van der Waals surface area contributed by atoms with E-state index in [2.05, 4.69) is 172 Å². The zero-order chi connectivity index (χ0) is 30.5. The van der Waals surface area contributed by atoms with Crippen LogP contribution in [0.5, 0.6) is 0 Å². The second-order valence-electron chi connectivity index (χ2n) is 13.8. The van der Waals surface area contributed by atoms with Crippen LogP contribution in [0.15, 0.2) is 140 Å². The van der Waals surface area contributed by atoms with Crippen molar-refractivity contribution in [1.82, 2.24) is 0 Å². The highest BCUT2D eigenvalue weighted by atomic mass is 15.2. The lowest BCUT2D eigenvalue weighted by Crippen LogP contribution is -2.38. The fraction of sp³-hybridized carbons (Fsp3) is 0.136. The Kier molecular flexibility index (Phi) is 5.37. The molecule has 0 aliphatic carbocycles. The number of anilines is 3. The first-order chi connectivity index (χ1) is 21.8. The molecule has 2 heterocycles. The maximum absolute atomic E-state index is 2.56.